The molecule has 0 bridgehead atoms. The molecule has 3 rings (SSSR count). The van der Waals surface area contributed by atoms with Gasteiger partial charge in [0.05, 0.1) is 17.6 Å². The van der Waals surface area contributed by atoms with Crippen LogP contribution in [0.2, 0.25) is 0 Å². The molecule has 6 nitrogen and oxygen atoms in total. The maximum absolute atomic E-state index is 5.30. The Kier molecular flexibility index (Phi) is 4.12. The lowest BCUT2D eigenvalue weighted by molar-refractivity contribution is 0.269. The maximum Gasteiger partial charge on any atom is 0.241 e. The van der Waals surface area contributed by atoms with E-state index >= 15 is 0 Å². The van der Waals surface area contributed by atoms with Crippen molar-refractivity contribution >= 4 is 11.3 Å². The molecule has 0 fully saturated rings. The fourth-order valence-corrected chi connectivity index (χ4v) is 2.71. The monoisotopic (exact) mass is 303 g/mol. The van der Waals surface area contributed by atoms with Crippen LogP contribution < -0.4 is 0 Å². The average Bonchev–Trinajstić information content (AvgIpc) is 3.16. The molecule has 0 N–H and O–H groups in total. The number of nitrogens with zero attached hydrogens (tertiary/aromatic N) is 5. The second kappa shape index (κ2) is 6.19. The van der Waals surface area contributed by atoms with E-state index in [4.69, 9.17) is 4.52 Å². The minimum atomic E-state index is 0.645. The van der Waals surface area contributed by atoms with E-state index < -0.39 is 0 Å². The van der Waals surface area contributed by atoms with E-state index in [1.165, 1.54) is 5.56 Å². The summed E-state index contributed by atoms with van der Waals surface area (Å²) in [4.78, 5) is 7.62. The van der Waals surface area contributed by atoms with Crippen LogP contribution in [0.15, 0.2) is 34.4 Å². The van der Waals surface area contributed by atoms with Crippen LogP contribution in [0.3, 0.4) is 0 Å². The highest BCUT2D eigenvalue weighted by Crippen LogP contribution is 2.21. The third kappa shape index (κ3) is 3.56. The first-order valence-electron chi connectivity index (χ1n) is 6.73. The molecule has 0 unspecified atom stereocenters. The average molecular weight is 303 g/mol. The van der Waals surface area contributed by atoms with Crippen molar-refractivity contribution in [1.29, 1.82) is 0 Å². The molecule has 0 atom stereocenters. The lowest BCUT2D eigenvalue weighted by Gasteiger charge is -2.12. The number of likely N-dealkylation sites (N-methyl/N-ethyl adjacent to an activating group) is 1. The second-order valence-electron chi connectivity index (χ2n) is 5.00. The molecule has 0 radical (unpaired) electrons. The van der Waals surface area contributed by atoms with Gasteiger partial charge in [0, 0.05) is 19.8 Å². The summed E-state index contributed by atoms with van der Waals surface area (Å²) in [6.45, 7) is 1.57. The Morgan fingerprint density at radius 2 is 2.33 bits per heavy atom. The first-order chi connectivity index (χ1) is 10.2. The quantitative estimate of drug-likeness (QED) is 0.698. The van der Waals surface area contributed by atoms with Gasteiger partial charge in [-0.2, -0.15) is 10.1 Å². The summed E-state index contributed by atoms with van der Waals surface area (Å²) in [6.07, 6.45) is 4.89. The predicted molar refractivity (Wildman–Crippen MR) is 80.9 cm³/mol. The first kappa shape index (κ1) is 14.0. The number of aryl methyl sites for hydroxylation is 1. The van der Waals surface area contributed by atoms with Gasteiger partial charge in [0.2, 0.25) is 11.7 Å². The van der Waals surface area contributed by atoms with Crippen LogP contribution in [0.25, 0.3) is 10.7 Å². The topological polar surface area (TPSA) is 60.0 Å². The summed E-state index contributed by atoms with van der Waals surface area (Å²) in [6, 6.07) is 3.97. The summed E-state index contributed by atoms with van der Waals surface area (Å²) in [7, 11) is 3.98. The largest absolute Gasteiger partial charge is 0.338 e. The zero-order chi connectivity index (χ0) is 14.7. The molecular weight excluding hydrogens is 286 g/mol. The van der Waals surface area contributed by atoms with E-state index in [0.717, 1.165) is 17.8 Å². The SMILES string of the molecule is CN(CCc1cnn(C)c1)Cc1nc(-c2cccs2)no1. The third-order valence-electron chi connectivity index (χ3n) is 3.16. The standard InChI is InChI=1S/C14H17N5OS/c1-18(6-5-11-8-15-19(2)9-11)10-13-16-14(17-20-13)12-4-3-7-21-12/h3-4,7-9H,5-6,10H2,1-2H3. The van der Waals surface area contributed by atoms with E-state index in [0.29, 0.717) is 18.3 Å². The molecule has 0 aliphatic carbocycles. The highest BCUT2D eigenvalue weighted by molar-refractivity contribution is 7.13. The van der Waals surface area contributed by atoms with Crippen LogP contribution in [-0.2, 0) is 20.0 Å². The fraction of sp³-hybridized carbons (Fsp3) is 0.357. The van der Waals surface area contributed by atoms with Gasteiger partial charge in [0.1, 0.15) is 0 Å². The molecule has 7 heteroatoms. The number of rotatable bonds is 6. The van der Waals surface area contributed by atoms with Gasteiger partial charge in [-0.25, -0.2) is 0 Å². The zero-order valence-electron chi connectivity index (χ0n) is 12.1. The zero-order valence-corrected chi connectivity index (χ0v) is 12.9. The van der Waals surface area contributed by atoms with Crippen LogP contribution in [-0.4, -0.2) is 38.4 Å². The van der Waals surface area contributed by atoms with Gasteiger partial charge in [0.25, 0.3) is 0 Å². The second-order valence-corrected chi connectivity index (χ2v) is 5.95. The Morgan fingerprint density at radius 3 is 3.05 bits per heavy atom. The molecule has 3 heterocycles. The molecule has 0 saturated heterocycles. The van der Waals surface area contributed by atoms with Crippen LogP contribution in [0.5, 0.6) is 0 Å². The first-order valence-corrected chi connectivity index (χ1v) is 7.61. The molecule has 0 aliphatic rings. The molecule has 3 aromatic heterocycles. The lowest BCUT2D eigenvalue weighted by Crippen LogP contribution is -2.20. The van der Waals surface area contributed by atoms with Gasteiger partial charge in [0.15, 0.2) is 0 Å². The molecule has 110 valence electrons. The smallest absolute Gasteiger partial charge is 0.241 e. The van der Waals surface area contributed by atoms with Gasteiger partial charge in [-0.05, 0) is 30.5 Å². The summed E-state index contributed by atoms with van der Waals surface area (Å²) < 4.78 is 7.12. The van der Waals surface area contributed by atoms with Crippen molar-refractivity contribution in [3.63, 3.8) is 0 Å². The van der Waals surface area contributed by atoms with E-state index in [-0.39, 0.29) is 0 Å². The van der Waals surface area contributed by atoms with Crippen LogP contribution in [0.4, 0.5) is 0 Å². The summed E-state index contributed by atoms with van der Waals surface area (Å²) in [5.74, 6) is 1.31. The number of aromatic nitrogens is 4. The number of hydrogen-bond donors (Lipinski definition) is 0. The van der Waals surface area contributed by atoms with Crippen LogP contribution >= 0.6 is 11.3 Å². The van der Waals surface area contributed by atoms with Crippen molar-refractivity contribution in [1.82, 2.24) is 24.8 Å². The molecule has 0 saturated carbocycles. The van der Waals surface area contributed by atoms with E-state index in [1.54, 1.807) is 11.3 Å². The van der Waals surface area contributed by atoms with Crippen LogP contribution in [0, 0.1) is 0 Å². The van der Waals surface area contributed by atoms with E-state index in [9.17, 15) is 0 Å². The van der Waals surface area contributed by atoms with Gasteiger partial charge in [-0.1, -0.05) is 11.2 Å². The van der Waals surface area contributed by atoms with Gasteiger partial charge in [-0.3, -0.25) is 9.58 Å². The highest BCUT2D eigenvalue weighted by atomic mass is 32.1. The molecule has 3 aromatic rings. The predicted octanol–water partition coefficient (Wildman–Crippen LogP) is 2.21. The van der Waals surface area contributed by atoms with Crippen molar-refractivity contribution in [2.75, 3.05) is 13.6 Å². The number of hydrogen-bond acceptors (Lipinski definition) is 6. The normalized spacial score (nSPS) is 11.4. The Bertz CT molecular complexity index is 688. The van der Waals surface area contributed by atoms with Crippen molar-refractivity contribution in [3.05, 3.63) is 41.4 Å². The van der Waals surface area contributed by atoms with Crippen molar-refractivity contribution in [2.45, 2.75) is 13.0 Å². The van der Waals surface area contributed by atoms with Gasteiger partial charge in [-0.15, -0.1) is 11.3 Å². The Labute approximate surface area is 127 Å². The van der Waals surface area contributed by atoms with Gasteiger partial charge < -0.3 is 4.52 Å². The minimum absolute atomic E-state index is 0.645. The van der Waals surface area contributed by atoms with Gasteiger partial charge >= 0.3 is 0 Å². The maximum atomic E-state index is 5.30. The molecule has 0 spiro atoms. The highest BCUT2D eigenvalue weighted by Gasteiger charge is 2.11. The lowest BCUT2D eigenvalue weighted by atomic mass is 10.2. The van der Waals surface area contributed by atoms with Crippen molar-refractivity contribution in [2.24, 2.45) is 7.05 Å². The van der Waals surface area contributed by atoms with E-state index in [1.807, 2.05) is 48.7 Å². The van der Waals surface area contributed by atoms with Crippen LogP contribution in [0.1, 0.15) is 11.5 Å². The molecular formula is C14H17N5OS. The number of thiophene rings is 1. The van der Waals surface area contributed by atoms with E-state index in [2.05, 4.69) is 20.1 Å². The minimum Gasteiger partial charge on any atom is -0.338 e. The Hall–Kier alpha value is -1.99. The molecule has 0 amide bonds. The summed E-state index contributed by atoms with van der Waals surface area (Å²) >= 11 is 1.61. The third-order valence-corrected chi connectivity index (χ3v) is 4.02. The molecule has 0 aromatic carbocycles. The fourth-order valence-electron chi connectivity index (χ4n) is 2.06. The van der Waals surface area contributed by atoms with Crippen molar-refractivity contribution < 1.29 is 4.52 Å². The van der Waals surface area contributed by atoms with Crippen molar-refractivity contribution in [3.8, 4) is 10.7 Å². The molecule has 0 aliphatic heterocycles. The Morgan fingerprint density at radius 1 is 1.43 bits per heavy atom. The summed E-state index contributed by atoms with van der Waals surface area (Å²) in [5.41, 5.74) is 1.23. The Balaban J connectivity index is 1.54. The summed E-state index contributed by atoms with van der Waals surface area (Å²) in [5, 5.41) is 10.2. The molecule has 21 heavy (non-hydrogen) atoms.